The molecule has 2 aromatic rings. The lowest BCUT2D eigenvalue weighted by Crippen LogP contribution is -2.33. The van der Waals surface area contributed by atoms with Gasteiger partial charge in [0.25, 0.3) is 5.91 Å². The van der Waals surface area contributed by atoms with Gasteiger partial charge in [-0.2, -0.15) is 0 Å². The molecule has 0 fully saturated rings. The number of halogens is 1. The Bertz CT molecular complexity index is 824. The molecule has 4 heteroatoms. The second kappa shape index (κ2) is 6.75. The number of fused-ring (bicyclic) bond motifs is 3. The van der Waals surface area contributed by atoms with Gasteiger partial charge in [-0.1, -0.05) is 55.1 Å². The van der Waals surface area contributed by atoms with Crippen LogP contribution in [0.5, 0.6) is 0 Å². The first-order chi connectivity index (χ1) is 11.2. The Balaban J connectivity index is 2.02. The zero-order chi connectivity index (χ0) is 16.2. The van der Waals surface area contributed by atoms with Crippen LogP contribution in [-0.2, 0) is 11.3 Å². The molecular formula is C19H15BrN2O. The Morgan fingerprint density at radius 3 is 2.61 bits per heavy atom. The zero-order valence-electron chi connectivity index (χ0n) is 12.4. The topological polar surface area (TPSA) is 32.7 Å². The lowest BCUT2D eigenvalue weighted by atomic mass is 9.93. The summed E-state index contributed by atoms with van der Waals surface area (Å²) in [6.07, 6.45) is 4.59. The maximum atomic E-state index is 12.8. The van der Waals surface area contributed by atoms with Crippen LogP contribution in [0.2, 0.25) is 0 Å². The van der Waals surface area contributed by atoms with E-state index in [1.807, 2.05) is 36.4 Å². The van der Waals surface area contributed by atoms with Crippen LogP contribution in [0.15, 0.2) is 76.9 Å². The third-order valence-corrected chi connectivity index (χ3v) is 4.20. The summed E-state index contributed by atoms with van der Waals surface area (Å²) < 4.78 is 0.407. The van der Waals surface area contributed by atoms with Crippen molar-refractivity contribution in [1.29, 1.82) is 0 Å². The molecule has 0 radical (unpaired) electrons. The second-order valence-corrected chi connectivity index (χ2v) is 5.93. The Kier molecular flexibility index (Phi) is 4.53. The molecule has 0 spiro atoms. The first-order valence-corrected chi connectivity index (χ1v) is 8.00. The van der Waals surface area contributed by atoms with Crippen LogP contribution in [-0.4, -0.2) is 12.1 Å². The molecule has 0 unspecified atom stereocenters. The number of aliphatic imine (C=N–C) groups is 1. The van der Waals surface area contributed by atoms with Gasteiger partial charge in [-0.05, 0) is 33.1 Å². The van der Waals surface area contributed by atoms with Crippen molar-refractivity contribution in [3.8, 4) is 11.1 Å². The lowest BCUT2D eigenvalue weighted by molar-refractivity contribution is -0.114. The molecule has 0 N–H and O–H groups in total. The van der Waals surface area contributed by atoms with E-state index in [0.29, 0.717) is 11.0 Å². The van der Waals surface area contributed by atoms with Gasteiger partial charge in [0.1, 0.15) is 4.48 Å². The van der Waals surface area contributed by atoms with Gasteiger partial charge in [0.05, 0.1) is 12.2 Å². The van der Waals surface area contributed by atoms with E-state index in [1.165, 1.54) is 18.0 Å². The van der Waals surface area contributed by atoms with Crippen molar-refractivity contribution >= 4 is 33.7 Å². The predicted octanol–water partition coefficient (Wildman–Crippen LogP) is 4.69. The van der Waals surface area contributed by atoms with E-state index in [0.717, 1.165) is 16.8 Å². The lowest BCUT2D eigenvalue weighted by Gasteiger charge is -2.31. The second-order valence-electron chi connectivity index (χ2n) is 5.08. The fraction of sp³-hybridized carbons (Fsp3) is 0.0526. The molecule has 114 valence electrons. The van der Waals surface area contributed by atoms with Gasteiger partial charge in [0.2, 0.25) is 0 Å². The molecule has 1 heterocycles. The molecule has 0 bridgehead atoms. The Morgan fingerprint density at radius 1 is 1.13 bits per heavy atom. The SMILES string of the molecule is C=CC=N/C=C(\Br)C(=O)N1Cc2ccccc2-c2ccccc21. The molecular weight excluding hydrogens is 352 g/mol. The maximum absolute atomic E-state index is 12.8. The highest BCUT2D eigenvalue weighted by atomic mass is 79.9. The number of nitrogens with zero attached hydrogens (tertiary/aromatic N) is 2. The van der Waals surface area contributed by atoms with E-state index in [2.05, 4.69) is 39.6 Å². The molecule has 1 aliphatic rings. The summed E-state index contributed by atoms with van der Waals surface area (Å²) in [6.45, 7) is 4.10. The number of anilines is 1. The van der Waals surface area contributed by atoms with Crippen LogP contribution in [0.4, 0.5) is 5.69 Å². The average Bonchev–Trinajstić information content (AvgIpc) is 2.60. The molecule has 1 aliphatic heterocycles. The number of amides is 1. The number of rotatable bonds is 3. The Labute approximate surface area is 143 Å². The van der Waals surface area contributed by atoms with E-state index in [1.54, 1.807) is 11.0 Å². The minimum atomic E-state index is -0.117. The maximum Gasteiger partial charge on any atom is 0.267 e. The standard InChI is InChI=1S/C19H15BrN2O/c1-2-11-21-12-17(20)19(23)22-13-14-7-3-4-8-15(14)16-9-5-6-10-18(16)22/h2-12H,1,13H2/b17-12-,21-11?. The fourth-order valence-corrected chi connectivity index (χ4v) is 2.98. The average molecular weight is 367 g/mol. The first-order valence-electron chi connectivity index (χ1n) is 7.21. The largest absolute Gasteiger partial charge is 0.303 e. The molecule has 2 aromatic carbocycles. The van der Waals surface area contributed by atoms with Crippen LogP contribution in [0.1, 0.15) is 5.56 Å². The number of carbonyl (C=O) groups is 1. The first kappa shape index (κ1) is 15.4. The highest BCUT2D eigenvalue weighted by molar-refractivity contribution is 9.12. The van der Waals surface area contributed by atoms with Gasteiger partial charge >= 0.3 is 0 Å². The van der Waals surface area contributed by atoms with Crippen molar-refractivity contribution in [2.75, 3.05) is 4.90 Å². The molecule has 0 atom stereocenters. The minimum absolute atomic E-state index is 0.117. The smallest absolute Gasteiger partial charge is 0.267 e. The monoisotopic (exact) mass is 366 g/mol. The van der Waals surface area contributed by atoms with Gasteiger partial charge in [-0.15, -0.1) is 0 Å². The van der Waals surface area contributed by atoms with Crippen molar-refractivity contribution < 1.29 is 4.79 Å². The van der Waals surface area contributed by atoms with Gasteiger partial charge in [0.15, 0.2) is 0 Å². The molecule has 0 aromatic heterocycles. The number of para-hydroxylation sites is 1. The quantitative estimate of drug-likeness (QED) is 0.572. The van der Waals surface area contributed by atoms with Gasteiger partial charge in [-0.3, -0.25) is 9.79 Å². The number of allylic oxidation sites excluding steroid dienone is 1. The predicted molar refractivity (Wildman–Crippen MR) is 98.8 cm³/mol. The van der Waals surface area contributed by atoms with Crippen molar-refractivity contribution in [2.24, 2.45) is 4.99 Å². The zero-order valence-corrected chi connectivity index (χ0v) is 14.0. The Hall–Kier alpha value is -2.46. The van der Waals surface area contributed by atoms with Crippen LogP contribution in [0, 0.1) is 0 Å². The summed E-state index contributed by atoms with van der Waals surface area (Å²) in [6, 6.07) is 16.1. The summed E-state index contributed by atoms with van der Waals surface area (Å²) >= 11 is 3.32. The molecule has 0 saturated heterocycles. The van der Waals surface area contributed by atoms with Crippen molar-refractivity contribution in [1.82, 2.24) is 0 Å². The fourth-order valence-electron chi connectivity index (χ4n) is 2.65. The molecule has 0 aliphatic carbocycles. The van der Waals surface area contributed by atoms with Crippen LogP contribution in [0.3, 0.4) is 0 Å². The van der Waals surface area contributed by atoms with Gasteiger partial charge < -0.3 is 4.90 Å². The Morgan fingerprint density at radius 2 is 1.83 bits per heavy atom. The summed E-state index contributed by atoms with van der Waals surface area (Å²) in [5.41, 5.74) is 4.29. The van der Waals surface area contributed by atoms with Crippen LogP contribution < -0.4 is 4.90 Å². The highest BCUT2D eigenvalue weighted by Gasteiger charge is 2.26. The van der Waals surface area contributed by atoms with Gasteiger partial charge in [0, 0.05) is 18.0 Å². The van der Waals surface area contributed by atoms with E-state index >= 15 is 0 Å². The molecule has 23 heavy (non-hydrogen) atoms. The van der Waals surface area contributed by atoms with E-state index < -0.39 is 0 Å². The van der Waals surface area contributed by atoms with Crippen LogP contribution >= 0.6 is 15.9 Å². The number of benzene rings is 2. The molecule has 0 saturated carbocycles. The summed E-state index contributed by atoms with van der Waals surface area (Å²) in [5, 5.41) is 0. The van der Waals surface area contributed by atoms with Crippen LogP contribution in [0.25, 0.3) is 11.1 Å². The number of hydrogen-bond acceptors (Lipinski definition) is 2. The molecule has 3 nitrogen and oxygen atoms in total. The summed E-state index contributed by atoms with van der Waals surface area (Å²) in [7, 11) is 0. The van der Waals surface area contributed by atoms with Gasteiger partial charge in [-0.25, -0.2) is 0 Å². The minimum Gasteiger partial charge on any atom is -0.303 e. The van der Waals surface area contributed by atoms with E-state index in [4.69, 9.17) is 0 Å². The summed E-state index contributed by atoms with van der Waals surface area (Å²) in [5.74, 6) is -0.117. The molecule has 1 amide bonds. The number of hydrogen-bond donors (Lipinski definition) is 0. The number of carbonyl (C=O) groups excluding carboxylic acids is 1. The third-order valence-electron chi connectivity index (χ3n) is 3.66. The van der Waals surface area contributed by atoms with E-state index in [9.17, 15) is 4.79 Å². The van der Waals surface area contributed by atoms with Crippen molar-refractivity contribution in [3.05, 3.63) is 77.4 Å². The highest BCUT2D eigenvalue weighted by Crippen LogP contribution is 2.39. The summed E-state index contributed by atoms with van der Waals surface area (Å²) in [4.78, 5) is 18.5. The molecule has 3 rings (SSSR count). The van der Waals surface area contributed by atoms with E-state index in [-0.39, 0.29) is 5.91 Å². The normalized spacial score (nSPS) is 13.6. The third kappa shape index (κ3) is 3.03. The van der Waals surface area contributed by atoms with Crippen molar-refractivity contribution in [2.45, 2.75) is 6.54 Å². The van der Waals surface area contributed by atoms with Crippen molar-refractivity contribution in [3.63, 3.8) is 0 Å².